The van der Waals surface area contributed by atoms with Crippen LogP contribution in [-0.2, 0) is 20.9 Å². The van der Waals surface area contributed by atoms with Crippen molar-refractivity contribution in [3.05, 3.63) is 35.9 Å². The van der Waals surface area contributed by atoms with E-state index in [9.17, 15) is 14.7 Å². The molecule has 0 saturated heterocycles. The number of rotatable bonds is 15. The van der Waals surface area contributed by atoms with E-state index in [1.165, 1.54) is 0 Å². The lowest BCUT2D eigenvalue weighted by Gasteiger charge is -2.21. The predicted molar refractivity (Wildman–Crippen MR) is 108 cm³/mol. The molecule has 152 valence electrons. The molecule has 0 spiro atoms. The Balaban J connectivity index is 2.58. The number of aliphatic hydroxyl groups excluding tert-OH is 1. The summed E-state index contributed by atoms with van der Waals surface area (Å²) >= 11 is 0. The van der Waals surface area contributed by atoms with E-state index < -0.39 is 18.0 Å². The average Bonchev–Trinajstić information content (AvgIpc) is 2.67. The van der Waals surface area contributed by atoms with Gasteiger partial charge in [-0.05, 0) is 18.4 Å². The smallest absolute Gasteiger partial charge is 0.311 e. The Kier molecular flexibility index (Phi) is 12.4. The number of Topliss-reactive ketones (excluding diaryl/α,β-unsaturated/α-hetero) is 1. The van der Waals surface area contributed by atoms with E-state index in [4.69, 9.17) is 4.74 Å². The molecule has 0 aromatic heterocycles. The van der Waals surface area contributed by atoms with Crippen molar-refractivity contribution >= 4 is 11.8 Å². The number of benzene rings is 1. The molecule has 1 aromatic rings. The number of carbonyl (C=O) groups excluding carboxylic acids is 2. The molecule has 0 unspecified atom stereocenters. The molecular formula is C23H36O4. The van der Waals surface area contributed by atoms with Gasteiger partial charge >= 0.3 is 5.97 Å². The molecule has 4 nitrogen and oxygen atoms in total. The van der Waals surface area contributed by atoms with Gasteiger partial charge in [0.2, 0.25) is 0 Å². The van der Waals surface area contributed by atoms with Gasteiger partial charge in [-0.1, -0.05) is 82.7 Å². The zero-order valence-corrected chi connectivity index (χ0v) is 17.0. The van der Waals surface area contributed by atoms with Gasteiger partial charge < -0.3 is 9.84 Å². The third kappa shape index (κ3) is 10.3. The van der Waals surface area contributed by atoms with Crippen molar-refractivity contribution in [3.8, 4) is 0 Å². The van der Waals surface area contributed by atoms with Gasteiger partial charge in [-0.3, -0.25) is 9.59 Å². The average molecular weight is 377 g/mol. The zero-order valence-electron chi connectivity index (χ0n) is 17.0. The Hall–Kier alpha value is -1.68. The van der Waals surface area contributed by atoms with E-state index in [-0.39, 0.29) is 18.8 Å². The molecule has 0 radical (unpaired) electrons. The standard InChI is InChI=1S/C23H36O4/c1-3-5-7-12-16-21(22(25)17-20(24)15-9-6-4-2)23(26)27-18-19-13-10-8-11-14-19/h8,10-11,13-14,21-22,25H,3-7,9,12,15-18H2,1-2H3/t21-,22+/m0/s1. The van der Waals surface area contributed by atoms with Gasteiger partial charge in [-0.2, -0.15) is 0 Å². The van der Waals surface area contributed by atoms with Crippen LogP contribution in [0.3, 0.4) is 0 Å². The fraction of sp³-hybridized carbons (Fsp3) is 0.652. The summed E-state index contributed by atoms with van der Waals surface area (Å²) in [6, 6.07) is 9.51. The van der Waals surface area contributed by atoms with Crippen molar-refractivity contribution in [1.29, 1.82) is 0 Å². The second-order valence-corrected chi connectivity index (χ2v) is 7.32. The molecule has 0 amide bonds. The number of unbranched alkanes of at least 4 members (excludes halogenated alkanes) is 5. The zero-order chi connectivity index (χ0) is 19.9. The highest BCUT2D eigenvalue weighted by Crippen LogP contribution is 2.21. The Morgan fingerprint density at radius 1 is 0.963 bits per heavy atom. The van der Waals surface area contributed by atoms with Crippen LogP contribution >= 0.6 is 0 Å². The third-order valence-electron chi connectivity index (χ3n) is 4.86. The highest BCUT2D eigenvalue weighted by atomic mass is 16.5. The maximum absolute atomic E-state index is 12.6. The Labute approximate surface area is 164 Å². The van der Waals surface area contributed by atoms with Crippen LogP contribution < -0.4 is 0 Å². The number of ketones is 1. The van der Waals surface area contributed by atoms with E-state index in [0.29, 0.717) is 12.8 Å². The minimum absolute atomic E-state index is 0.0327. The molecule has 0 aliphatic rings. The summed E-state index contributed by atoms with van der Waals surface area (Å²) in [6.45, 7) is 4.42. The van der Waals surface area contributed by atoms with E-state index in [1.54, 1.807) is 0 Å². The van der Waals surface area contributed by atoms with Crippen LogP contribution in [0, 0.1) is 5.92 Å². The highest BCUT2D eigenvalue weighted by Gasteiger charge is 2.29. The van der Waals surface area contributed by atoms with Crippen LogP contribution in [0.2, 0.25) is 0 Å². The monoisotopic (exact) mass is 376 g/mol. The van der Waals surface area contributed by atoms with Gasteiger partial charge in [0.1, 0.15) is 12.4 Å². The fourth-order valence-electron chi connectivity index (χ4n) is 3.14. The van der Waals surface area contributed by atoms with Crippen LogP contribution in [0.1, 0.15) is 83.6 Å². The molecule has 0 fully saturated rings. The fourth-order valence-corrected chi connectivity index (χ4v) is 3.14. The Bertz CT molecular complexity index is 526. The maximum atomic E-state index is 12.6. The van der Waals surface area contributed by atoms with Gasteiger partial charge in [0.15, 0.2) is 0 Å². The topological polar surface area (TPSA) is 63.6 Å². The lowest BCUT2D eigenvalue weighted by atomic mass is 9.91. The van der Waals surface area contributed by atoms with Gasteiger partial charge in [0.25, 0.3) is 0 Å². The number of hydrogen-bond acceptors (Lipinski definition) is 4. The van der Waals surface area contributed by atoms with Crippen LogP contribution in [0.5, 0.6) is 0 Å². The Morgan fingerprint density at radius 3 is 2.30 bits per heavy atom. The molecule has 1 rings (SSSR count). The van der Waals surface area contributed by atoms with E-state index in [0.717, 1.165) is 50.5 Å². The molecule has 0 aliphatic heterocycles. The van der Waals surface area contributed by atoms with Crippen molar-refractivity contribution in [2.75, 3.05) is 0 Å². The molecule has 0 heterocycles. The molecule has 4 heteroatoms. The minimum Gasteiger partial charge on any atom is -0.461 e. The summed E-state index contributed by atoms with van der Waals surface area (Å²) in [5.74, 6) is -0.990. The first-order chi connectivity index (χ1) is 13.1. The SMILES string of the molecule is CCCCCC[C@H](C(=O)OCc1ccccc1)[C@H](O)CC(=O)CCCCC. The normalized spacial score (nSPS) is 13.1. The molecule has 0 bridgehead atoms. The summed E-state index contributed by atoms with van der Waals surface area (Å²) in [5, 5.41) is 10.5. The lowest BCUT2D eigenvalue weighted by molar-refractivity contribution is -0.154. The summed E-state index contributed by atoms with van der Waals surface area (Å²) in [7, 11) is 0. The van der Waals surface area contributed by atoms with Gasteiger partial charge in [-0.25, -0.2) is 0 Å². The third-order valence-corrected chi connectivity index (χ3v) is 4.86. The van der Waals surface area contributed by atoms with Crippen LogP contribution in [0.4, 0.5) is 0 Å². The summed E-state index contributed by atoms with van der Waals surface area (Å²) < 4.78 is 5.44. The first-order valence-electron chi connectivity index (χ1n) is 10.5. The molecule has 0 aliphatic carbocycles. The van der Waals surface area contributed by atoms with E-state index in [1.807, 2.05) is 30.3 Å². The van der Waals surface area contributed by atoms with E-state index in [2.05, 4.69) is 13.8 Å². The first-order valence-corrected chi connectivity index (χ1v) is 10.5. The van der Waals surface area contributed by atoms with Gasteiger partial charge in [0.05, 0.1) is 12.0 Å². The number of carbonyl (C=O) groups is 2. The second-order valence-electron chi connectivity index (χ2n) is 7.32. The highest BCUT2D eigenvalue weighted by molar-refractivity contribution is 5.80. The first kappa shape index (κ1) is 23.4. The summed E-state index contributed by atoms with van der Waals surface area (Å²) in [4.78, 5) is 24.7. The lowest BCUT2D eigenvalue weighted by Crippen LogP contribution is -2.32. The Morgan fingerprint density at radius 2 is 1.63 bits per heavy atom. The maximum Gasteiger partial charge on any atom is 0.311 e. The molecular weight excluding hydrogens is 340 g/mol. The van der Waals surface area contributed by atoms with Gasteiger partial charge in [-0.15, -0.1) is 0 Å². The molecule has 1 N–H and O–H groups in total. The molecule has 1 aromatic carbocycles. The quantitative estimate of drug-likeness (QED) is 0.337. The molecule has 2 atom stereocenters. The van der Waals surface area contributed by atoms with E-state index >= 15 is 0 Å². The van der Waals surface area contributed by atoms with Crippen molar-refractivity contribution < 1.29 is 19.4 Å². The van der Waals surface area contributed by atoms with Crippen LogP contribution in [0.15, 0.2) is 30.3 Å². The van der Waals surface area contributed by atoms with Gasteiger partial charge in [0, 0.05) is 12.8 Å². The van der Waals surface area contributed by atoms with Crippen molar-refractivity contribution in [1.82, 2.24) is 0 Å². The number of hydrogen-bond donors (Lipinski definition) is 1. The number of aliphatic hydroxyl groups is 1. The van der Waals surface area contributed by atoms with Crippen LogP contribution in [0.25, 0.3) is 0 Å². The largest absolute Gasteiger partial charge is 0.461 e. The van der Waals surface area contributed by atoms with Crippen molar-refractivity contribution in [2.45, 2.75) is 90.8 Å². The second kappa shape index (κ2) is 14.4. The number of ether oxygens (including phenoxy) is 1. The number of esters is 1. The summed E-state index contributed by atoms with van der Waals surface area (Å²) in [5.41, 5.74) is 0.917. The molecule has 0 saturated carbocycles. The van der Waals surface area contributed by atoms with Crippen LogP contribution in [-0.4, -0.2) is 23.0 Å². The predicted octanol–water partition coefficient (Wildman–Crippen LogP) is 5.22. The minimum atomic E-state index is -0.955. The van der Waals surface area contributed by atoms with Crippen molar-refractivity contribution in [2.24, 2.45) is 5.92 Å². The molecule has 27 heavy (non-hydrogen) atoms. The summed E-state index contributed by atoms with van der Waals surface area (Å²) in [6.07, 6.45) is 7.16. The van der Waals surface area contributed by atoms with Crippen molar-refractivity contribution in [3.63, 3.8) is 0 Å².